The summed E-state index contributed by atoms with van der Waals surface area (Å²) in [5, 5.41) is 0. The molecular weight excluding hydrogens is 272 g/mol. The van der Waals surface area contributed by atoms with Crippen LogP contribution in [0.15, 0.2) is 12.1 Å². The molecule has 0 bridgehead atoms. The van der Waals surface area contributed by atoms with Gasteiger partial charge in [0.05, 0.1) is 5.92 Å². The molecule has 0 amide bonds. The molecule has 122 valence electrons. The summed E-state index contributed by atoms with van der Waals surface area (Å²) in [6, 6.07) is 4.32. The standard InChI is InChI=1S/C20H30O2/c1-12-9-15(19(3,4)5)17(16(10-12)20(6,7)8)22-18(21)14-11-13(14)2/h9-10,13-14H,11H2,1-8H3. The number of esters is 1. The predicted octanol–water partition coefficient (Wildman–Crippen LogP) is 5.15. The lowest BCUT2D eigenvalue weighted by molar-refractivity contribution is -0.136. The zero-order valence-corrected chi connectivity index (χ0v) is 15.3. The van der Waals surface area contributed by atoms with Gasteiger partial charge in [0.1, 0.15) is 5.75 Å². The molecule has 2 rings (SSSR count). The number of carbonyl (C=O) groups is 1. The molecule has 0 N–H and O–H groups in total. The van der Waals surface area contributed by atoms with Crippen LogP contribution in [0.25, 0.3) is 0 Å². The van der Waals surface area contributed by atoms with Gasteiger partial charge in [-0.2, -0.15) is 0 Å². The molecule has 1 aromatic carbocycles. The fourth-order valence-corrected chi connectivity index (χ4v) is 2.82. The van der Waals surface area contributed by atoms with Gasteiger partial charge in [-0.3, -0.25) is 4.79 Å². The Morgan fingerprint density at radius 1 is 1.05 bits per heavy atom. The van der Waals surface area contributed by atoms with E-state index in [0.717, 1.165) is 23.3 Å². The Kier molecular flexibility index (Phi) is 4.18. The Morgan fingerprint density at radius 3 is 1.77 bits per heavy atom. The molecule has 0 radical (unpaired) electrons. The molecule has 22 heavy (non-hydrogen) atoms. The van der Waals surface area contributed by atoms with E-state index in [4.69, 9.17) is 4.74 Å². The van der Waals surface area contributed by atoms with Gasteiger partial charge in [-0.25, -0.2) is 0 Å². The maximum Gasteiger partial charge on any atom is 0.314 e. The quantitative estimate of drug-likeness (QED) is 0.558. The van der Waals surface area contributed by atoms with E-state index in [1.807, 2.05) is 0 Å². The van der Waals surface area contributed by atoms with E-state index in [-0.39, 0.29) is 22.7 Å². The van der Waals surface area contributed by atoms with Crippen molar-refractivity contribution in [2.24, 2.45) is 11.8 Å². The average Bonchev–Trinajstić information content (AvgIpc) is 3.05. The molecule has 2 nitrogen and oxygen atoms in total. The lowest BCUT2D eigenvalue weighted by Crippen LogP contribution is -2.23. The van der Waals surface area contributed by atoms with Crippen LogP contribution >= 0.6 is 0 Å². The summed E-state index contributed by atoms with van der Waals surface area (Å²) in [6.07, 6.45) is 0.959. The molecule has 2 atom stereocenters. The summed E-state index contributed by atoms with van der Waals surface area (Å²) in [5.74, 6) is 1.28. The molecule has 1 aliphatic rings. The van der Waals surface area contributed by atoms with Crippen molar-refractivity contribution in [2.45, 2.75) is 72.6 Å². The lowest BCUT2D eigenvalue weighted by atomic mass is 9.78. The van der Waals surface area contributed by atoms with Gasteiger partial charge >= 0.3 is 5.97 Å². The van der Waals surface area contributed by atoms with Crippen LogP contribution in [0.5, 0.6) is 5.75 Å². The Balaban J connectivity index is 2.54. The SMILES string of the molecule is Cc1cc(C(C)(C)C)c(OC(=O)C2CC2C)c(C(C)(C)C)c1. The summed E-state index contributed by atoms with van der Waals surface area (Å²) >= 11 is 0. The highest BCUT2D eigenvalue weighted by Gasteiger charge is 2.42. The topological polar surface area (TPSA) is 26.3 Å². The molecule has 0 heterocycles. The monoisotopic (exact) mass is 302 g/mol. The van der Waals surface area contributed by atoms with Gasteiger partial charge in [-0.15, -0.1) is 0 Å². The Labute approximate surface area is 135 Å². The van der Waals surface area contributed by atoms with Crippen molar-refractivity contribution >= 4 is 5.97 Å². The Morgan fingerprint density at radius 2 is 1.45 bits per heavy atom. The molecule has 0 aliphatic heterocycles. The molecule has 1 aromatic rings. The highest BCUT2D eigenvalue weighted by Crippen LogP contribution is 2.43. The van der Waals surface area contributed by atoms with Crippen LogP contribution in [0, 0.1) is 18.8 Å². The van der Waals surface area contributed by atoms with Crippen LogP contribution in [0.2, 0.25) is 0 Å². The first-order valence-corrected chi connectivity index (χ1v) is 8.28. The van der Waals surface area contributed by atoms with Crippen LogP contribution in [-0.2, 0) is 15.6 Å². The van der Waals surface area contributed by atoms with E-state index in [0.29, 0.717) is 5.92 Å². The Bertz CT molecular complexity index is 550. The minimum absolute atomic E-state index is 0.0587. The van der Waals surface area contributed by atoms with Gasteiger partial charge in [0.2, 0.25) is 0 Å². The van der Waals surface area contributed by atoms with E-state index in [1.165, 1.54) is 5.56 Å². The highest BCUT2D eigenvalue weighted by atomic mass is 16.5. The molecule has 1 fully saturated rings. The third kappa shape index (κ3) is 3.53. The minimum Gasteiger partial charge on any atom is -0.426 e. The summed E-state index contributed by atoms with van der Waals surface area (Å²) in [6.45, 7) is 17.2. The average molecular weight is 302 g/mol. The fraction of sp³-hybridized carbons (Fsp3) is 0.650. The first-order chi connectivity index (χ1) is 9.91. The smallest absolute Gasteiger partial charge is 0.314 e. The first-order valence-electron chi connectivity index (χ1n) is 8.28. The van der Waals surface area contributed by atoms with Crippen molar-refractivity contribution in [3.05, 3.63) is 28.8 Å². The second kappa shape index (κ2) is 5.40. The van der Waals surface area contributed by atoms with Crippen molar-refractivity contribution < 1.29 is 9.53 Å². The van der Waals surface area contributed by atoms with Gasteiger partial charge in [0.25, 0.3) is 0 Å². The van der Waals surface area contributed by atoms with Gasteiger partial charge in [0.15, 0.2) is 0 Å². The van der Waals surface area contributed by atoms with Gasteiger partial charge in [-0.1, -0.05) is 66.2 Å². The minimum atomic E-state index is -0.0626. The van der Waals surface area contributed by atoms with Crippen molar-refractivity contribution in [2.75, 3.05) is 0 Å². The summed E-state index contributed by atoms with van der Waals surface area (Å²) < 4.78 is 5.94. The zero-order valence-electron chi connectivity index (χ0n) is 15.3. The number of benzene rings is 1. The van der Waals surface area contributed by atoms with Crippen LogP contribution in [0.1, 0.15) is 71.6 Å². The number of carbonyl (C=O) groups excluding carboxylic acids is 1. The van der Waals surface area contributed by atoms with Crippen LogP contribution in [-0.4, -0.2) is 5.97 Å². The molecule has 1 saturated carbocycles. The van der Waals surface area contributed by atoms with Gasteiger partial charge in [0, 0.05) is 11.1 Å². The lowest BCUT2D eigenvalue weighted by Gasteiger charge is -2.29. The summed E-state index contributed by atoms with van der Waals surface area (Å²) in [7, 11) is 0. The molecule has 2 heteroatoms. The largest absolute Gasteiger partial charge is 0.426 e. The maximum atomic E-state index is 12.4. The van der Waals surface area contributed by atoms with Crippen LogP contribution in [0.3, 0.4) is 0 Å². The zero-order chi connectivity index (χ0) is 16.9. The van der Waals surface area contributed by atoms with Gasteiger partial charge in [-0.05, 0) is 30.1 Å². The van der Waals surface area contributed by atoms with Crippen molar-refractivity contribution in [1.82, 2.24) is 0 Å². The normalized spacial score (nSPS) is 21.6. The van der Waals surface area contributed by atoms with Crippen LogP contribution < -0.4 is 4.74 Å². The highest BCUT2D eigenvalue weighted by molar-refractivity contribution is 5.79. The molecule has 1 aliphatic carbocycles. The summed E-state index contributed by atoms with van der Waals surface area (Å²) in [4.78, 5) is 12.4. The van der Waals surface area contributed by atoms with Crippen molar-refractivity contribution in [3.63, 3.8) is 0 Å². The third-order valence-corrected chi connectivity index (χ3v) is 4.46. The number of hydrogen-bond acceptors (Lipinski definition) is 2. The molecule has 0 spiro atoms. The van der Waals surface area contributed by atoms with E-state index in [2.05, 4.69) is 67.5 Å². The Hall–Kier alpha value is -1.31. The van der Waals surface area contributed by atoms with E-state index < -0.39 is 0 Å². The number of aryl methyl sites for hydroxylation is 1. The van der Waals surface area contributed by atoms with Crippen molar-refractivity contribution in [1.29, 1.82) is 0 Å². The van der Waals surface area contributed by atoms with Crippen molar-refractivity contribution in [3.8, 4) is 5.75 Å². The maximum absolute atomic E-state index is 12.4. The van der Waals surface area contributed by atoms with E-state index >= 15 is 0 Å². The predicted molar refractivity (Wildman–Crippen MR) is 91.5 cm³/mol. The van der Waals surface area contributed by atoms with Crippen LogP contribution in [0.4, 0.5) is 0 Å². The number of rotatable bonds is 2. The fourth-order valence-electron chi connectivity index (χ4n) is 2.82. The third-order valence-electron chi connectivity index (χ3n) is 4.46. The molecule has 0 aromatic heterocycles. The molecular formula is C20H30O2. The van der Waals surface area contributed by atoms with E-state index in [1.54, 1.807) is 0 Å². The molecule has 0 saturated heterocycles. The van der Waals surface area contributed by atoms with Gasteiger partial charge < -0.3 is 4.74 Å². The summed E-state index contributed by atoms with van der Waals surface area (Å²) in [5.41, 5.74) is 3.35. The number of ether oxygens (including phenoxy) is 1. The first kappa shape index (κ1) is 17.1. The molecule has 2 unspecified atom stereocenters. The van der Waals surface area contributed by atoms with E-state index in [9.17, 15) is 4.79 Å². The second-order valence-electron chi connectivity index (χ2n) is 8.93. The second-order valence-corrected chi connectivity index (χ2v) is 8.93. The number of hydrogen-bond donors (Lipinski definition) is 0.